The smallest absolute Gasteiger partial charge is 0.227 e. The monoisotopic (exact) mass is 442 g/mol. The normalized spacial score (nSPS) is 11.5. The first-order chi connectivity index (χ1) is 14.3. The molecule has 30 heavy (non-hydrogen) atoms. The fraction of sp³-hybridized carbons (Fsp3) is 0.348. The molecule has 0 radical (unpaired) electrons. The van der Waals surface area contributed by atoms with Crippen LogP contribution in [0.5, 0.6) is 0 Å². The molecule has 0 atom stereocenters. The Balaban J connectivity index is 1.85. The zero-order valence-corrected chi connectivity index (χ0v) is 19.3. The van der Waals surface area contributed by atoms with Gasteiger partial charge in [-0.2, -0.15) is 0 Å². The lowest BCUT2D eigenvalue weighted by atomic mass is 9.95. The van der Waals surface area contributed by atoms with Gasteiger partial charge in [-0.1, -0.05) is 59.3 Å². The van der Waals surface area contributed by atoms with E-state index in [1.165, 1.54) is 16.7 Å². The zero-order valence-electron chi connectivity index (χ0n) is 17.8. The van der Waals surface area contributed by atoms with Gasteiger partial charge in [0.25, 0.3) is 0 Å². The van der Waals surface area contributed by atoms with Gasteiger partial charge in [0, 0.05) is 17.3 Å². The van der Waals surface area contributed by atoms with E-state index in [2.05, 4.69) is 65.8 Å². The number of aromatic nitrogens is 3. The first kappa shape index (κ1) is 22.4. The van der Waals surface area contributed by atoms with Gasteiger partial charge in [0.05, 0.1) is 12.0 Å². The van der Waals surface area contributed by atoms with Gasteiger partial charge in [0.2, 0.25) is 5.91 Å². The highest BCUT2D eigenvalue weighted by molar-refractivity contribution is 7.98. The average Bonchev–Trinajstić information content (AvgIpc) is 3.14. The average molecular weight is 443 g/mol. The standard InChI is InChI=1S/C23H27ClN4OS/c1-16-8-10-19(11-9-16)28-20(13-25-21(29)23(3,4)15-24)26-27-22(28)30-14-18-7-5-6-17(2)12-18/h5-12H,13-15H2,1-4H3,(H,25,29). The van der Waals surface area contributed by atoms with Crippen LogP contribution in [0.25, 0.3) is 5.69 Å². The lowest BCUT2D eigenvalue weighted by Crippen LogP contribution is -2.38. The third kappa shape index (κ3) is 5.43. The molecule has 7 heteroatoms. The molecule has 1 heterocycles. The van der Waals surface area contributed by atoms with Crippen LogP contribution in [0.15, 0.2) is 53.7 Å². The number of amides is 1. The van der Waals surface area contributed by atoms with E-state index in [0.717, 1.165) is 16.6 Å². The lowest BCUT2D eigenvalue weighted by molar-refractivity contribution is -0.128. The quantitative estimate of drug-likeness (QED) is 0.391. The second-order valence-corrected chi connectivity index (χ2v) is 9.26. The van der Waals surface area contributed by atoms with E-state index >= 15 is 0 Å². The largest absolute Gasteiger partial charge is 0.348 e. The highest BCUT2D eigenvalue weighted by atomic mass is 35.5. The predicted molar refractivity (Wildman–Crippen MR) is 123 cm³/mol. The van der Waals surface area contributed by atoms with Gasteiger partial charge in [-0.25, -0.2) is 0 Å². The lowest BCUT2D eigenvalue weighted by Gasteiger charge is -2.20. The molecule has 3 aromatic rings. The maximum Gasteiger partial charge on any atom is 0.227 e. The number of benzene rings is 2. The Labute approximate surface area is 187 Å². The van der Waals surface area contributed by atoms with Crippen LogP contribution in [0.2, 0.25) is 0 Å². The summed E-state index contributed by atoms with van der Waals surface area (Å²) < 4.78 is 2.01. The van der Waals surface area contributed by atoms with Gasteiger partial charge in [-0.05, 0) is 45.4 Å². The van der Waals surface area contributed by atoms with Gasteiger partial charge in [0.15, 0.2) is 11.0 Å². The molecule has 3 rings (SSSR count). The summed E-state index contributed by atoms with van der Waals surface area (Å²) >= 11 is 7.56. The summed E-state index contributed by atoms with van der Waals surface area (Å²) in [5.74, 6) is 1.62. The Bertz CT molecular complexity index is 1010. The van der Waals surface area contributed by atoms with Crippen LogP contribution in [0, 0.1) is 19.3 Å². The van der Waals surface area contributed by atoms with Crippen LogP contribution in [0.1, 0.15) is 36.4 Å². The van der Waals surface area contributed by atoms with Crippen LogP contribution in [-0.4, -0.2) is 26.6 Å². The number of alkyl halides is 1. The Hall–Kier alpha value is -2.31. The van der Waals surface area contributed by atoms with E-state index in [1.54, 1.807) is 11.8 Å². The Morgan fingerprint density at radius 1 is 1.10 bits per heavy atom. The molecular formula is C23H27ClN4OS. The summed E-state index contributed by atoms with van der Waals surface area (Å²) in [6.45, 7) is 8.07. The van der Waals surface area contributed by atoms with Crippen molar-refractivity contribution in [2.75, 3.05) is 5.88 Å². The minimum absolute atomic E-state index is 0.107. The first-order valence-electron chi connectivity index (χ1n) is 9.84. The number of nitrogens with zero attached hydrogens (tertiary/aromatic N) is 3. The molecule has 0 fully saturated rings. The molecule has 0 saturated heterocycles. The minimum Gasteiger partial charge on any atom is -0.348 e. The molecule has 2 aromatic carbocycles. The SMILES string of the molecule is Cc1ccc(-n2c(CNC(=O)C(C)(C)CCl)nnc2SCc2cccc(C)c2)cc1. The van der Waals surface area contributed by atoms with E-state index in [-0.39, 0.29) is 18.3 Å². The van der Waals surface area contributed by atoms with Gasteiger partial charge in [-0.3, -0.25) is 9.36 Å². The first-order valence-corrected chi connectivity index (χ1v) is 11.4. The van der Waals surface area contributed by atoms with Crippen molar-refractivity contribution in [2.24, 2.45) is 5.41 Å². The fourth-order valence-electron chi connectivity index (χ4n) is 2.87. The summed E-state index contributed by atoms with van der Waals surface area (Å²) in [4.78, 5) is 12.5. The molecule has 0 saturated carbocycles. The van der Waals surface area contributed by atoms with E-state index < -0.39 is 5.41 Å². The van der Waals surface area contributed by atoms with Crippen molar-refractivity contribution >= 4 is 29.3 Å². The molecule has 1 aromatic heterocycles. The highest BCUT2D eigenvalue weighted by Crippen LogP contribution is 2.26. The number of carbonyl (C=O) groups excluding carboxylic acids is 1. The van der Waals surface area contributed by atoms with Crippen molar-refractivity contribution in [3.05, 3.63) is 71.0 Å². The maximum atomic E-state index is 12.5. The molecule has 5 nitrogen and oxygen atoms in total. The summed E-state index contributed by atoms with van der Waals surface area (Å²) in [5.41, 5.74) is 3.98. The summed E-state index contributed by atoms with van der Waals surface area (Å²) in [5, 5.41) is 12.5. The number of thioether (sulfide) groups is 1. The summed E-state index contributed by atoms with van der Waals surface area (Å²) in [7, 11) is 0. The molecule has 0 spiro atoms. The highest BCUT2D eigenvalue weighted by Gasteiger charge is 2.27. The van der Waals surface area contributed by atoms with Gasteiger partial charge in [0.1, 0.15) is 0 Å². The molecule has 0 aliphatic rings. The minimum atomic E-state index is -0.640. The van der Waals surface area contributed by atoms with E-state index in [4.69, 9.17) is 11.6 Å². The molecule has 0 aliphatic heterocycles. The Morgan fingerprint density at radius 2 is 1.83 bits per heavy atom. The van der Waals surface area contributed by atoms with Gasteiger partial charge in [-0.15, -0.1) is 21.8 Å². The zero-order chi connectivity index (χ0) is 21.7. The van der Waals surface area contributed by atoms with Gasteiger partial charge >= 0.3 is 0 Å². The number of aryl methyl sites for hydroxylation is 2. The second-order valence-electron chi connectivity index (χ2n) is 8.05. The number of hydrogen-bond donors (Lipinski definition) is 1. The molecule has 0 bridgehead atoms. The number of hydrogen-bond acceptors (Lipinski definition) is 4. The molecule has 0 unspecified atom stereocenters. The van der Waals surface area contributed by atoms with Crippen molar-refractivity contribution in [1.29, 1.82) is 0 Å². The van der Waals surface area contributed by atoms with Crippen LogP contribution in [-0.2, 0) is 17.1 Å². The fourth-order valence-corrected chi connectivity index (χ4v) is 3.91. The summed E-state index contributed by atoms with van der Waals surface area (Å²) in [6, 6.07) is 16.7. The van der Waals surface area contributed by atoms with Crippen LogP contribution >= 0.6 is 23.4 Å². The third-order valence-electron chi connectivity index (χ3n) is 4.80. The van der Waals surface area contributed by atoms with Crippen LogP contribution in [0.4, 0.5) is 0 Å². The van der Waals surface area contributed by atoms with Crippen molar-refractivity contribution in [3.8, 4) is 5.69 Å². The predicted octanol–water partition coefficient (Wildman–Crippen LogP) is 5.06. The van der Waals surface area contributed by atoms with Gasteiger partial charge < -0.3 is 5.32 Å². The molecule has 1 amide bonds. The van der Waals surface area contributed by atoms with Crippen LogP contribution in [0.3, 0.4) is 0 Å². The summed E-state index contributed by atoms with van der Waals surface area (Å²) in [6.07, 6.45) is 0. The number of halogens is 1. The van der Waals surface area contributed by atoms with Crippen molar-refractivity contribution in [3.63, 3.8) is 0 Å². The number of rotatable bonds is 8. The van der Waals surface area contributed by atoms with Crippen molar-refractivity contribution < 1.29 is 4.79 Å². The Morgan fingerprint density at radius 3 is 2.50 bits per heavy atom. The topological polar surface area (TPSA) is 59.8 Å². The van der Waals surface area contributed by atoms with E-state index in [1.807, 2.05) is 30.5 Å². The van der Waals surface area contributed by atoms with Crippen LogP contribution < -0.4 is 5.32 Å². The van der Waals surface area contributed by atoms with E-state index in [0.29, 0.717) is 5.82 Å². The van der Waals surface area contributed by atoms with Crippen molar-refractivity contribution in [2.45, 2.75) is 45.1 Å². The third-order valence-corrected chi connectivity index (χ3v) is 6.47. The second kappa shape index (κ2) is 9.67. The molecule has 0 aliphatic carbocycles. The molecular weight excluding hydrogens is 416 g/mol. The molecule has 158 valence electrons. The Kier molecular flexibility index (Phi) is 7.21. The molecule has 1 N–H and O–H groups in total. The maximum absolute atomic E-state index is 12.5. The number of nitrogens with one attached hydrogen (secondary N) is 1. The van der Waals surface area contributed by atoms with E-state index in [9.17, 15) is 4.79 Å². The number of carbonyl (C=O) groups is 1. The van der Waals surface area contributed by atoms with Crippen molar-refractivity contribution in [1.82, 2.24) is 20.1 Å².